The molecule has 2 aromatic rings. The van der Waals surface area contributed by atoms with E-state index in [9.17, 15) is 10.1 Å². The Morgan fingerprint density at radius 2 is 2.00 bits per heavy atom. The SMILES string of the molecule is CNCc1cccn1Cc1ccc([N+](=O)[O-])cc1. The molecule has 0 saturated carbocycles. The van der Waals surface area contributed by atoms with Crippen molar-refractivity contribution in [3.8, 4) is 0 Å². The molecule has 18 heavy (non-hydrogen) atoms. The minimum absolute atomic E-state index is 0.127. The van der Waals surface area contributed by atoms with Crippen molar-refractivity contribution in [1.29, 1.82) is 0 Å². The summed E-state index contributed by atoms with van der Waals surface area (Å²) in [6.45, 7) is 1.53. The molecular formula is C13H15N3O2. The second-order valence-corrected chi connectivity index (χ2v) is 4.08. The Hall–Kier alpha value is -2.14. The summed E-state index contributed by atoms with van der Waals surface area (Å²) in [7, 11) is 1.91. The number of rotatable bonds is 5. The Kier molecular flexibility index (Phi) is 3.74. The highest BCUT2D eigenvalue weighted by Gasteiger charge is 2.05. The topological polar surface area (TPSA) is 60.1 Å². The number of nitro groups is 1. The van der Waals surface area contributed by atoms with Gasteiger partial charge in [-0.3, -0.25) is 10.1 Å². The van der Waals surface area contributed by atoms with E-state index in [1.807, 2.05) is 19.3 Å². The van der Waals surface area contributed by atoms with Crippen molar-refractivity contribution in [1.82, 2.24) is 9.88 Å². The first-order chi connectivity index (χ1) is 8.70. The lowest BCUT2D eigenvalue weighted by molar-refractivity contribution is -0.384. The fraction of sp³-hybridized carbons (Fsp3) is 0.231. The quantitative estimate of drug-likeness (QED) is 0.648. The smallest absolute Gasteiger partial charge is 0.269 e. The van der Waals surface area contributed by atoms with E-state index >= 15 is 0 Å². The van der Waals surface area contributed by atoms with Gasteiger partial charge in [-0.1, -0.05) is 12.1 Å². The number of nitrogens with one attached hydrogen (secondary N) is 1. The fourth-order valence-corrected chi connectivity index (χ4v) is 1.87. The van der Waals surface area contributed by atoms with Crippen LogP contribution in [0.1, 0.15) is 11.3 Å². The van der Waals surface area contributed by atoms with Gasteiger partial charge in [-0.2, -0.15) is 0 Å². The number of non-ortho nitro benzene ring substituents is 1. The first-order valence-corrected chi connectivity index (χ1v) is 5.72. The predicted molar refractivity (Wildman–Crippen MR) is 69.4 cm³/mol. The van der Waals surface area contributed by atoms with Crippen LogP contribution in [0.2, 0.25) is 0 Å². The van der Waals surface area contributed by atoms with Gasteiger partial charge in [0, 0.05) is 37.1 Å². The third kappa shape index (κ3) is 2.75. The zero-order valence-electron chi connectivity index (χ0n) is 10.2. The Morgan fingerprint density at radius 3 is 2.61 bits per heavy atom. The molecule has 0 saturated heterocycles. The molecule has 0 amide bonds. The van der Waals surface area contributed by atoms with E-state index in [4.69, 9.17) is 0 Å². The maximum atomic E-state index is 10.6. The minimum Gasteiger partial charge on any atom is -0.346 e. The molecule has 1 heterocycles. The van der Waals surface area contributed by atoms with Gasteiger partial charge in [0.25, 0.3) is 5.69 Å². The number of benzene rings is 1. The van der Waals surface area contributed by atoms with Crippen LogP contribution in [0.4, 0.5) is 5.69 Å². The van der Waals surface area contributed by atoms with E-state index in [1.54, 1.807) is 12.1 Å². The normalized spacial score (nSPS) is 10.5. The maximum absolute atomic E-state index is 10.6. The van der Waals surface area contributed by atoms with Gasteiger partial charge in [0.05, 0.1) is 4.92 Å². The van der Waals surface area contributed by atoms with E-state index in [0.29, 0.717) is 0 Å². The molecule has 0 bridgehead atoms. The van der Waals surface area contributed by atoms with Crippen LogP contribution in [0.25, 0.3) is 0 Å². The number of aromatic nitrogens is 1. The average molecular weight is 245 g/mol. The summed E-state index contributed by atoms with van der Waals surface area (Å²) in [5, 5.41) is 13.7. The summed E-state index contributed by atoms with van der Waals surface area (Å²) in [5.74, 6) is 0. The van der Waals surface area contributed by atoms with Crippen LogP contribution < -0.4 is 5.32 Å². The van der Waals surface area contributed by atoms with Gasteiger partial charge >= 0.3 is 0 Å². The molecule has 1 N–H and O–H groups in total. The molecule has 5 heteroatoms. The van der Waals surface area contributed by atoms with Crippen molar-refractivity contribution in [3.63, 3.8) is 0 Å². The molecule has 0 aliphatic heterocycles. The molecule has 2 rings (SSSR count). The van der Waals surface area contributed by atoms with Crippen LogP contribution in [0.15, 0.2) is 42.6 Å². The Morgan fingerprint density at radius 1 is 1.28 bits per heavy atom. The predicted octanol–water partition coefficient (Wildman–Crippen LogP) is 2.16. The molecule has 5 nitrogen and oxygen atoms in total. The minimum atomic E-state index is -0.383. The summed E-state index contributed by atoms with van der Waals surface area (Å²) in [4.78, 5) is 10.2. The number of nitro benzene ring substituents is 1. The molecule has 0 fully saturated rings. The molecule has 0 spiro atoms. The highest BCUT2D eigenvalue weighted by molar-refractivity contribution is 5.33. The van der Waals surface area contributed by atoms with E-state index in [1.165, 1.54) is 17.8 Å². The van der Waals surface area contributed by atoms with Gasteiger partial charge in [0.2, 0.25) is 0 Å². The number of hydrogen-bond acceptors (Lipinski definition) is 3. The largest absolute Gasteiger partial charge is 0.346 e. The lowest BCUT2D eigenvalue weighted by atomic mass is 10.2. The molecule has 0 aliphatic carbocycles. The van der Waals surface area contributed by atoms with E-state index < -0.39 is 0 Å². The van der Waals surface area contributed by atoms with Crippen LogP contribution in [0.5, 0.6) is 0 Å². The van der Waals surface area contributed by atoms with Gasteiger partial charge in [-0.25, -0.2) is 0 Å². The summed E-state index contributed by atoms with van der Waals surface area (Å²) >= 11 is 0. The molecule has 1 aromatic carbocycles. The Balaban J connectivity index is 2.13. The fourth-order valence-electron chi connectivity index (χ4n) is 1.87. The second-order valence-electron chi connectivity index (χ2n) is 4.08. The van der Waals surface area contributed by atoms with E-state index in [2.05, 4.69) is 16.0 Å². The van der Waals surface area contributed by atoms with Crippen molar-refractivity contribution < 1.29 is 4.92 Å². The van der Waals surface area contributed by atoms with Crippen LogP contribution in [-0.2, 0) is 13.1 Å². The molecule has 1 aromatic heterocycles. The zero-order chi connectivity index (χ0) is 13.0. The first-order valence-electron chi connectivity index (χ1n) is 5.72. The highest BCUT2D eigenvalue weighted by atomic mass is 16.6. The summed E-state index contributed by atoms with van der Waals surface area (Å²) < 4.78 is 2.12. The third-order valence-corrected chi connectivity index (χ3v) is 2.78. The van der Waals surface area contributed by atoms with Gasteiger partial charge in [-0.05, 0) is 24.7 Å². The molecule has 0 aliphatic rings. The van der Waals surface area contributed by atoms with E-state index in [0.717, 1.165) is 18.7 Å². The zero-order valence-corrected chi connectivity index (χ0v) is 10.2. The van der Waals surface area contributed by atoms with Crippen molar-refractivity contribution in [2.45, 2.75) is 13.1 Å². The highest BCUT2D eigenvalue weighted by Crippen LogP contribution is 2.14. The molecule has 0 atom stereocenters. The second kappa shape index (κ2) is 5.46. The Bertz CT molecular complexity index is 531. The van der Waals surface area contributed by atoms with Crippen molar-refractivity contribution in [3.05, 3.63) is 64.0 Å². The lowest BCUT2D eigenvalue weighted by Gasteiger charge is -2.08. The van der Waals surface area contributed by atoms with Gasteiger partial charge in [-0.15, -0.1) is 0 Å². The third-order valence-electron chi connectivity index (χ3n) is 2.78. The maximum Gasteiger partial charge on any atom is 0.269 e. The average Bonchev–Trinajstić information content (AvgIpc) is 2.78. The molecule has 0 radical (unpaired) electrons. The van der Waals surface area contributed by atoms with Gasteiger partial charge < -0.3 is 9.88 Å². The summed E-state index contributed by atoms with van der Waals surface area (Å²) in [6, 6.07) is 10.7. The molecular weight excluding hydrogens is 230 g/mol. The monoisotopic (exact) mass is 245 g/mol. The van der Waals surface area contributed by atoms with Gasteiger partial charge in [0.15, 0.2) is 0 Å². The van der Waals surface area contributed by atoms with Crippen LogP contribution in [0.3, 0.4) is 0 Å². The molecule has 0 unspecified atom stereocenters. The standard InChI is InChI=1S/C13H15N3O2/c1-14-9-13-3-2-8-15(13)10-11-4-6-12(7-5-11)16(17)18/h2-8,14H,9-10H2,1H3. The first kappa shape index (κ1) is 12.3. The van der Waals surface area contributed by atoms with Crippen molar-refractivity contribution in [2.24, 2.45) is 0 Å². The lowest BCUT2D eigenvalue weighted by Crippen LogP contribution is -2.11. The number of nitrogens with zero attached hydrogens (tertiary/aromatic N) is 2. The Labute approximate surface area is 105 Å². The van der Waals surface area contributed by atoms with Crippen LogP contribution >= 0.6 is 0 Å². The van der Waals surface area contributed by atoms with Crippen molar-refractivity contribution >= 4 is 5.69 Å². The summed E-state index contributed by atoms with van der Waals surface area (Å²) in [6.07, 6.45) is 2.01. The van der Waals surface area contributed by atoms with Crippen LogP contribution in [0, 0.1) is 10.1 Å². The van der Waals surface area contributed by atoms with Crippen LogP contribution in [-0.4, -0.2) is 16.5 Å². The summed E-state index contributed by atoms with van der Waals surface area (Å²) in [5.41, 5.74) is 2.37. The van der Waals surface area contributed by atoms with Crippen molar-refractivity contribution in [2.75, 3.05) is 7.05 Å². The van der Waals surface area contributed by atoms with E-state index in [-0.39, 0.29) is 10.6 Å². The van der Waals surface area contributed by atoms with Gasteiger partial charge in [0.1, 0.15) is 0 Å². The molecule has 94 valence electrons. The number of hydrogen-bond donors (Lipinski definition) is 1.